The molecule has 0 spiro atoms. The summed E-state index contributed by atoms with van der Waals surface area (Å²) in [6, 6.07) is 27.4. The van der Waals surface area contributed by atoms with Gasteiger partial charge in [-0.1, -0.05) is 66.7 Å². The van der Waals surface area contributed by atoms with E-state index in [0.717, 1.165) is 16.7 Å². The number of nitrogens with two attached hydrogens (primary N) is 1. The van der Waals surface area contributed by atoms with E-state index in [9.17, 15) is 4.79 Å². The van der Waals surface area contributed by atoms with E-state index in [4.69, 9.17) is 19.9 Å². The predicted octanol–water partition coefficient (Wildman–Crippen LogP) is 6.41. The number of anilines is 2. The van der Waals surface area contributed by atoms with E-state index in [1.165, 1.54) is 5.01 Å². The van der Waals surface area contributed by atoms with Crippen molar-refractivity contribution >= 4 is 35.0 Å². The van der Waals surface area contributed by atoms with Crippen LogP contribution in [0.5, 0.6) is 0 Å². The summed E-state index contributed by atoms with van der Waals surface area (Å²) in [5.74, 6) is -0.553. The second kappa shape index (κ2) is 13.6. The van der Waals surface area contributed by atoms with Crippen LogP contribution >= 0.6 is 0 Å². The number of hydrogen-bond acceptors (Lipinski definition) is 7. The molecule has 2 atom stereocenters. The molecule has 10 nitrogen and oxygen atoms in total. The Morgan fingerprint density at radius 1 is 0.857 bits per heavy atom. The van der Waals surface area contributed by atoms with Crippen molar-refractivity contribution in [3.8, 4) is 22.3 Å². The lowest BCUT2D eigenvalue weighted by molar-refractivity contribution is -0.131. The van der Waals surface area contributed by atoms with E-state index in [1.807, 2.05) is 78.9 Å². The maximum absolute atomic E-state index is 15.2. The third-order valence-corrected chi connectivity index (χ3v) is 9.05. The van der Waals surface area contributed by atoms with Crippen LogP contribution in [-0.4, -0.2) is 64.0 Å². The lowest BCUT2D eigenvalue weighted by Crippen LogP contribution is -2.69. The molecule has 254 valence electrons. The molecule has 0 saturated heterocycles. The molecule has 0 aliphatic carbocycles. The van der Waals surface area contributed by atoms with Crippen molar-refractivity contribution in [1.29, 1.82) is 0 Å². The molecule has 6 rings (SSSR count). The highest BCUT2D eigenvalue weighted by Crippen LogP contribution is 2.49. The van der Waals surface area contributed by atoms with Gasteiger partial charge in [0.1, 0.15) is 23.9 Å². The molecular weight excluding hydrogens is 620 g/mol. The summed E-state index contributed by atoms with van der Waals surface area (Å²) in [5, 5.41) is 1.46. The molecule has 0 fully saturated rings. The topological polar surface area (TPSA) is 111 Å². The minimum atomic E-state index is -0.977. The van der Waals surface area contributed by atoms with Gasteiger partial charge in [-0.25, -0.2) is 9.59 Å². The van der Waals surface area contributed by atoms with Gasteiger partial charge in [0.05, 0.1) is 25.3 Å². The molecule has 0 radical (unpaired) electrons. The van der Waals surface area contributed by atoms with Crippen LogP contribution in [0.25, 0.3) is 22.3 Å². The fourth-order valence-electron chi connectivity index (χ4n) is 6.94. The van der Waals surface area contributed by atoms with Crippen LogP contribution in [0.15, 0.2) is 91.0 Å². The Morgan fingerprint density at radius 2 is 1.51 bits per heavy atom. The van der Waals surface area contributed by atoms with Gasteiger partial charge in [-0.3, -0.25) is 4.79 Å². The molecule has 0 unspecified atom stereocenters. The lowest BCUT2D eigenvalue weighted by atomic mass is 9.94. The summed E-state index contributed by atoms with van der Waals surface area (Å²) in [7, 11) is 3.14. The van der Waals surface area contributed by atoms with Gasteiger partial charge in [0.25, 0.3) is 0 Å². The maximum Gasteiger partial charge on any atom is 0.460 e. The highest BCUT2D eigenvalue weighted by atomic mass is 16.6. The number of ether oxygens (including phenoxy) is 3. The van der Waals surface area contributed by atoms with Crippen LogP contribution in [0.1, 0.15) is 37.9 Å². The summed E-state index contributed by atoms with van der Waals surface area (Å²) in [6.45, 7) is 6.08. The highest BCUT2D eigenvalue weighted by molar-refractivity contribution is 6.12. The summed E-state index contributed by atoms with van der Waals surface area (Å²) in [4.78, 5) is 45.9. The molecule has 0 bridgehead atoms. The number of rotatable bonds is 8. The van der Waals surface area contributed by atoms with Crippen molar-refractivity contribution < 1.29 is 28.6 Å². The van der Waals surface area contributed by atoms with Crippen molar-refractivity contribution in [2.24, 2.45) is 5.73 Å². The van der Waals surface area contributed by atoms with Gasteiger partial charge in [0.2, 0.25) is 5.91 Å². The molecule has 0 saturated carbocycles. The van der Waals surface area contributed by atoms with Crippen molar-refractivity contribution in [2.45, 2.75) is 38.8 Å². The number of carbonyl (C=O) groups excluding carboxylic acids is 3. The van der Waals surface area contributed by atoms with Crippen molar-refractivity contribution in [2.75, 3.05) is 50.4 Å². The first-order chi connectivity index (χ1) is 23.5. The van der Waals surface area contributed by atoms with Gasteiger partial charge in [0, 0.05) is 38.0 Å². The van der Waals surface area contributed by atoms with Crippen LogP contribution in [0.4, 0.5) is 21.9 Å². The standard InChI is InChI=1S/C39H43N4O6/c1-39(2,3)49-38(46)42(43(22-24-48-5)33-20-11-10-15-28(33)27-14-7-6-13-26(27)25-34(43)44)32-19-12-18-31-35(32)29-16-8-9-17-30(29)36(40)37(45)41(31)21-23-47-4/h6-20,36H,21-25,40H2,1-5H3/q+1/t36-,43-/m0/s1. The van der Waals surface area contributed by atoms with Crippen molar-refractivity contribution in [3.63, 3.8) is 0 Å². The molecule has 0 aromatic heterocycles. The van der Waals surface area contributed by atoms with Crippen molar-refractivity contribution in [1.82, 2.24) is 4.59 Å². The Bertz CT molecular complexity index is 1900. The van der Waals surface area contributed by atoms with Gasteiger partial charge in [0.15, 0.2) is 5.69 Å². The smallest absolute Gasteiger partial charge is 0.440 e. The van der Waals surface area contributed by atoms with Gasteiger partial charge in [-0.15, -0.1) is 9.60 Å². The van der Waals surface area contributed by atoms with E-state index in [-0.39, 0.29) is 44.5 Å². The number of para-hydroxylation sites is 1. The summed E-state index contributed by atoms with van der Waals surface area (Å²) >= 11 is 0. The molecule has 2 aliphatic rings. The van der Waals surface area contributed by atoms with Crippen molar-refractivity contribution in [3.05, 3.63) is 102 Å². The fraction of sp³-hybridized carbons (Fsp3) is 0.308. The highest BCUT2D eigenvalue weighted by Gasteiger charge is 2.54. The Morgan fingerprint density at radius 3 is 2.22 bits per heavy atom. The molecule has 2 aliphatic heterocycles. The number of hydrogen-bond donors (Lipinski definition) is 1. The first kappa shape index (κ1) is 34.0. The monoisotopic (exact) mass is 663 g/mol. The van der Waals surface area contributed by atoms with E-state index in [0.29, 0.717) is 33.8 Å². The second-order valence-corrected chi connectivity index (χ2v) is 13.2. The second-order valence-electron chi connectivity index (χ2n) is 13.2. The molecule has 2 N–H and O–H groups in total. The largest absolute Gasteiger partial charge is 0.460 e. The Hall–Kier alpha value is -4.87. The third kappa shape index (κ3) is 6.02. The quantitative estimate of drug-likeness (QED) is 0.217. The predicted molar refractivity (Wildman–Crippen MR) is 191 cm³/mol. The Kier molecular flexibility index (Phi) is 9.41. The molecular formula is C39H43N4O6+. The van der Waals surface area contributed by atoms with E-state index in [1.54, 1.807) is 52.0 Å². The molecule has 4 aromatic rings. The number of fused-ring (bicyclic) bond motifs is 6. The first-order valence-corrected chi connectivity index (χ1v) is 16.4. The fourth-order valence-corrected chi connectivity index (χ4v) is 6.94. The zero-order valence-corrected chi connectivity index (χ0v) is 28.6. The van der Waals surface area contributed by atoms with Gasteiger partial charge < -0.3 is 24.8 Å². The number of methoxy groups -OCH3 is 2. The molecule has 2 heterocycles. The first-order valence-electron chi connectivity index (χ1n) is 16.4. The number of carbonyl (C=O) groups is 3. The normalized spacial score (nSPS) is 18.4. The number of nitrogens with zero attached hydrogens (tertiary/aromatic N) is 3. The van der Waals surface area contributed by atoms with Crippen LogP contribution in [0.2, 0.25) is 0 Å². The number of quaternary nitrogens is 1. The van der Waals surface area contributed by atoms with Crippen LogP contribution in [0, 0.1) is 0 Å². The average molecular weight is 664 g/mol. The van der Waals surface area contributed by atoms with Crippen LogP contribution in [-0.2, 0) is 30.2 Å². The Labute approximate surface area is 287 Å². The van der Waals surface area contributed by atoms with E-state index < -0.39 is 22.3 Å². The van der Waals surface area contributed by atoms with Gasteiger partial charge >= 0.3 is 12.0 Å². The zero-order chi connectivity index (χ0) is 34.9. The summed E-state index contributed by atoms with van der Waals surface area (Å²) in [6.07, 6.45) is -0.685. The number of amides is 3. The minimum Gasteiger partial charge on any atom is -0.440 e. The molecule has 3 amide bonds. The molecule has 4 aromatic carbocycles. The van der Waals surface area contributed by atoms with Gasteiger partial charge in [-0.2, -0.15) is 0 Å². The number of benzene rings is 4. The molecule has 49 heavy (non-hydrogen) atoms. The summed E-state index contributed by atoms with van der Waals surface area (Å²) in [5.41, 5.74) is 11.7. The average Bonchev–Trinajstić information content (AvgIpc) is 3.24. The lowest BCUT2D eigenvalue weighted by Gasteiger charge is -2.43. The van der Waals surface area contributed by atoms with Crippen LogP contribution in [0.3, 0.4) is 0 Å². The Balaban J connectivity index is 1.74. The zero-order valence-electron chi connectivity index (χ0n) is 28.6. The third-order valence-electron chi connectivity index (χ3n) is 9.05. The molecule has 10 heteroatoms. The minimum absolute atomic E-state index is 0.0444. The van der Waals surface area contributed by atoms with Gasteiger partial charge in [-0.05, 0) is 61.2 Å². The maximum atomic E-state index is 15.2. The van der Waals surface area contributed by atoms with Crippen LogP contribution < -0.4 is 20.2 Å². The van der Waals surface area contributed by atoms with E-state index in [2.05, 4.69) is 0 Å². The summed E-state index contributed by atoms with van der Waals surface area (Å²) < 4.78 is 16.7. The SMILES string of the molecule is COCCN1C(=O)[C@@H](N)c2ccccc2-c2c1cccc2N(C(=O)OC(C)(C)C)[N@+]1(CCOC)C(=O)Cc2ccccc2-c2ccccc21. The van der Waals surface area contributed by atoms with E-state index >= 15 is 9.59 Å².